The molecule has 1 aromatic carbocycles. The molecule has 1 N–H and O–H groups in total. The zero-order valence-electron chi connectivity index (χ0n) is 10.9. The summed E-state index contributed by atoms with van der Waals surface area (Å²) in [5, 5.41) is 9.00. The van der Waals surface area contributed by atoms with Gasteiger partial charge in [-0.1, -0.05) is 6.07 Å². The van der Waals surface area contributed by atoms with Gasteiger partial charge in [0.15, 0.2) is 11.5 Å². The molecule has 0 aliphatic rings. The standard InChI is InChI=1S/C14H11N3O3/c1-7-5-11(17-13(15-7)14(18)19)9-3-4-10-12(6-9)20-8(2)16-10/h3-6H,1-2H3,(H,18,19). The van der Waals surface area contributed by atoms with E-state index in [4.69, 9.17) is 9.52 Å². The van der Waals surface area contributed by atoms with E-state index >= 15 is 0 Å². The predicted octanol–water partition coefficient (Wildman–Crippen LogP) is 2.60. The average Bonchev–Trinajstić information content (AvgIpc) is 2.76. The van der Waals surface area contributed by atoms with Gasteiger partial charge < -0.3 is 9.52 Å². The first kappa shape index (κ1) is 12.3. The zero-order valence-corrected chi connectivity index (χ0v) is 10.9. The first-order valence-electron chi connectivity index (χ1n) is 5.99. The molecule has 0 bridgehead atoms. The van der Waals surface area contributed by atoms with Crippen LogP contribution in [0.4, 0.5) is 0 Å². The molecule has 0 aliphatic heterocycles. The largest absolute Gasteiger partial charge is 0.475 e. The molecule has 2 aromatic heterocycles. The highest BCUT2D eigenvalue weighted by molar-refractivity contribution is 5.85. The second-order valence-electron chi connectivity index (χ2n) is 4.44. The van der Waals surface area contributed by atoms with Crippen molar-refractivity contribution in [2.75, 3.05) is 0 Å². The molecule has 0 spiro atoms. The summed E-state index contributed by atoms with van der Waals surface area (Å²) in [5.41, 5.74) is 3.32. The maximum absolute atomic E-state index is 11.0. The van der Waals surface area contributed by atoms with Crippen LogP contribution in [0.15, 0.2) is 28.7 Å². The van der Waals surface area contributed by atoms with Crippen molar-refractivity contribution in [1.82, 2.24) is 15.0 Å². The summed E-state index contributed by atoms with van der Waals surface area (Å²) in [5.74, 6) is -0.775. The number of benzene rings is 1. The van der Waals surface area contributed by atoms with E-state index in [2.05, 4.69) is 15.0 Å². The fourth-order valence-electron chi connectivity index (χ4n) is 2.01. The number of aromatic carboxylic acids is 1. The van der Waals surface area contributed by atoms with E-state index in [0.29, 0.717) is 22.9 Å². The third-order valence-corrected chi connectivity index (χ3v) is 2.84. The molecule has 0 radical (unpaired) electrons. The summed E-state index contributed by atoms with van der Waals surface area (Å²) in [6.45, 7) is 3.51. The Morgan fingerprint density at radius 1 is 1.15 bits per heavy atom. The molecule has 0 aliphatic carbocycles. The van der Waals surface area contributed by atoms with Crippen molar-refractivity contribution in [2.24, 2.45) is 0 Å². The van der Waals surface area contributed by atoms with Crippen molar-refractivity contribution in [3.05, 3.63) is 41.7 Å². The van der Waals surface area contributed by atoms with Crippen molar-refractivity contribution >= 4 is 17.1 Å². The minimum atomic E-state index is -1.15. The van der Waals surface area contributed by atoms with Crippen molar-refractivity contribution in [1.29, 1.82) is 0 Å². The molecule has 6 heteroatoms. The quantitative estimate of drug-likeness (QED) is 0.769. The second kappa shape index (κ2) is 4.41. The van der Waals surface area contributed by atoms with Crippen LogP contribution in [0.2, 0.25) is 0 Å². The fourth-order valence-corrected chi connectivity index (χ4v) is 2.01. The van der Waals surface area contributed by atoms with Gasteiger partial charge in [-0.15, -0.1) is 0 Å². The summed E-state index contributed by atoms with van der Waals surface area (Å²) in [6, 6.07) is 7.18. The summed E-state index contributed by atoms with van der Waals surface area (Å²) >= 11 is 0. The zero-order chi connectivity index (χ0) is 14.3. The predicted molar refractivity (Wildman–Crippen MR) is 71.5 cm³/mol. The van der Waals surface area contributed by atoms with Crippen LogP contribution in [0.5, 0.6) is 0 Å². The molecule has 3 aromatic rings. The van der Waals surface area contributed by atoms with Gasteiger partial charge in [0.2, 0.25) is 5.82 Å². The maximum atomic E-state index is 11.0. The summed E-state index contributed by atoms with van der Waals surface area (Å²) in [6.07, 6.45) is 0. The van der Waals surface area contributed by atoms with Gasteiger partial charge in [0.25, 0.3) is 0 Å². The number of carboxylic acid groups (broad SMARTS) is 1. The van der Waals surface area contributed by atoms with Crippen LogP contribution in [0, 0.1) is 13.8 Å². The second-order valence-corrected chi connectivity index (χ2v) is 4.44. The Labute approximate surface area is 114 Å². The molecule has 0 fully saturated rings. The first-order valence-corrected chi connectivity index (χ1v) is 5.99. The molecule has 2 heterocycles. The monoisotopic (exact) mass is 269 g/mol. The van der Waals surface area contributed by atoms with E-state index < -0.39 is 5.97 Å². The van der Waals surface area contributed by atoms with E-state index in [0.717, 1.165) is 11.1 Å². The lowest BCUT2D eigenvalue weighted by Crippen LogP contribution is -2.06. The van der Waals surface area contributed by atoms with Gasteiger partial charge in [-0.05, 0) is 25.1 Å². The molecule has 0 amide bonds. The number of hydrogen-bond acceptors (Lipinski definition) is 5. The topological polar surface area (TPSA) is 89.1 Å². The van der Waals surface area contributed by atoms with E-state index in [1.807, 2.05) is 12.1 Å². The van der Waals surface area contributed by atoms with Crippen LogP contribution in [0.1, 0.15) is 22.2 Å². The fraction of sp³-hybridized carbons (Fsp3) is 0.143. The van der Waals surface area contributed by atoms with Crippen LogP contribution in [0.25, 0.3) is 22.4 Å². The number of oxazole rings is 1. The van der Waals surface area contributed by atoms with Crippen LogP contribution in [-0.2, 0) is 0 Å². The first-order chi connectivity index (χ1) is 9.52. The Hall–Kier alpha value is -2.76. The number of nitrogens with zero attached hydrogens (tertiary/aromatic N) is 3. The molecule has 20 heavy (non-hydrogen) atoms. The van der Waals surface area contributed by atoms with Crippen molar-refractivity contribution < 1.29 is 14.3 Å². The van der Waals surface area contributed by atoms with Gasteiger partial charge in [-0.2, -0.15) is 0 Å². The van der Waals surface area contributed by atoms with E-state index in [1.54, 1.807) is 26.0 Å². The summed E-state index contributed by atoms with van der Waals surface area (Å²) < 4.78 is 5.47. The van der Waals surface area contributed by atoms with Gasteiger partial charge in [0.1, 0.15) is 5.52 Å². The number of carbonyl (C=O) groups is 1. The summed E-state index contributed by atoms with van der Waals surface area (Å²) in [4.78, 5) is 23.1. The van der Waals surface area contributed by atoms with Crippen molar-refractivity contribution in [2.45, 2.75) is 13.8 Å². The molecule has 0 atom stereocenters. The number of aromatic nitrogens is 3. The van der Waals surface area contributed by atoms with Crippen LogP contribution in [-0.4, -0.2) is 26.0 Å². The highest BCUT2D eigenvalue weighted by Gasteiger charge is 2.12. The molecular weight excluding hydrogens is 258 g/mol. The third kappa shape index (κ3) is 2.11. The number of carboxylic acids is 1. The van der Waals surface area contributed by atoms with Gasteiger partial charge in [0, 0.05) is 18.2 Å². The van der Waals surface area contributed by atoms with Crippen LogP contribution >= 0.6 is 0 Å². The normalized spacial score (nSPS) is 10.9. The lowest BCUT2D eigenvalue weighted by Gasteiger charge is -2.03. The Morgan fingerprint density at radius 3 is 2.70 bits per heavy atom. The Bertz CT molecular complexity index is 824. The molecule has 6 nitrogen and oxygen atoms in total. The smallest absolute Gasteiger partial charge is 0.373 e. The molecule has 0 saturated heterocycles. The number of hydrogen-bond donors (Lipinski definition) is 1. The number of aryl methyl sites for hydroxylation is 2. The lowest BCUT2D eigenvalue weighted by atomic mass is 10.1. The Morgan fingerprint density at radius 2 is 1.95 bits per heavy atom. The van der Waals surface area contributed by atoms with Crippen molar-refractivity contribution in [3.8, 4) is 11.3 Å². The number of fused-ring (bicyclic) bond motifs is 1. The molecule has 0 unspecified atom stereocenters. The number of rotatable bonds is 2. The van der Waals surface area contributed by atoms with Crippen LogP contribution in [0.3, 0.4) is 0 Å². The van der Waals surface area contributed by atoms with E-state index in [1.165, 1.54) is 0 Å². The Kier molecular flexibility index (Phi) is 2.71. The van der Waals surface area contributed by atoms with Crippen molar-refractivity contribution in [3.63, 3.8) is 0 Å². The van der Waals surface area contributed by atoms with Gasteiger partial charge in [0.05, 0.1) is 5.69 Å². The molecule has 3 rings (SSSR count). The van der Waals surface area contributed by atoms with Crippen LogP contribution < -0.4 is 0 Å². The summed E-state index contributed by atoms with van der Waals surface area (Å²) in [7, 11) is 0. The van der Waals surface area contributed by atoms with E-state index in [-0.39, 0.29) is 5.82 Å². The van der Waals surface area contributed by atoms with E-state index in [9.17, 15) is 4.79 Å². The highest BCUT2D eigenvalue weighted by atomic mass is 16.4. The molecule has 100 valence electrons. The molecular formula is C14H11N3O3. The van der Waals surface area contributed by atoms with Gasteiger partial charge >= 0.3 is 5.97 Å². The average molecular weight is 269 g/mol. The minimum absolute atomic E-state index is 0.214. The third-order valence-electron chi connectivity index (χ3n) is 2.84. The SMILES string of the molecule is Cc1cc(-c2ccc3nc(C)oc3c2)nc(C(=O)O)n1. The Balaban J connectivity index is 2.16. The highest BCUT2D eigenvalue weighted by Crippen LogP contribution is 2.24. The van der Waals surface area contributed by atoms with Gasteiger partial charge in [-0.3, -0.25) is 0 Å². The van der Waals surface area contributed by atoms with Gasteiger partial charge in [-0.25, -0.2) is 19.7 Å². The lowest BCUT2D eigenvalue weighted by molar-refractivity contribution is 0.0683. The molecule has 0 saturated carbocycles. The minimum Gasteiger partial charge on any atom is -0.475 e. The maximum Gasteiger partial charge on any atom is 0.373 e.